The maximum Gasteiger partial charge on any atom is 0.237 e. The molecule has 0 spiro atoms. The molecule has 3 unspecified atom stereocenters. The van der Waals surface area contributed by atoms with Crippen LogP contribution in [0.1, 0.15) is 26.7 Å². The summed E-state index contributed by atoms with van der Waals surface area (Å²) in [5.74, 6) is 0.125. The monoisotopic (exact) mass is 255 g/mol. The second-order valence-electron chi connectivity index (χ2n) is 5.31. The highest BCUT2D eigenvalue weighted by atomic mass is 16.5. The van der Waals surface area contributed by atoms with Crippen LogP contribution in [0.3, 0.4) is 0 Å². The van der Waals surface area contributed by atoms with Crippen LogP contribution in [0.4, 0.5) is 0 Å². The van der Waals surface area contributed by atoms with E-state index in [-0.39, 0.29) is 24.1 Å². The molecule has 2 heterocycles. The molecule has 104 valence electrons. The van der Waals surface area contributed by atoms with Gasteiger partial charge in [-0.3, -0.25) is 9.69 Å². The zero-order chi connectivity index (χ0) is 13.0. The zero-order valence-electron chi connectivity index (χ0n) is 11.4. The standard InChI is InChI=1S/C13H25N3O2/c1-10(12-4-3-9-18-12)15-13(17)11(2)16-7-5-14-6-8-16/h10-12,14H,3-9H2,1-2H3,(H,15,17). The lowest BCUT2D eigenvalue weighted by Crippen LogP contribution is -2.54. The molecule has 0 aliphatic carbocycles. The minimum atomic E-state index is -0.0454. The van der Waals surface area contributed by atoms with E-state index in [1.807, 2.05) is 13.8 Å². The number of ether oxygens (including phenoxy) is 1. The molecular weight excluding hydrogens is 230 g/mol. The Morgan fingerprint density at radius 2 is 2.11 bits per heavy atom. The van der Waals surface area contributed by atoms with Gasteiger partial charge in [0.2, 0.25) is 5.91 Å². The van der Waals surface area contributed by atoms with E-state index in [1.54, 1.807) is 0 Å². The molecule has 1 amide bonds. The third kappa shape index (κ3) is 3.43. The van der Waals surface area contributed by atoms with Crippen molar-refractivity contribution < 1.29 is 9.53 Å². The number of hydrogen-bond acceptors (Lipinski definition) is 4. The third-order valence-electron chi connectivity index (χ3n) is 3.97. The van der Waals surface area contributed by atoms with Crippen molar-refractivity contribution in [1.82, 2.24) is 15.5 Å². The van der Waals surface area contributed by atoms with E-state index in [0.717, 1.165) is 45.6 Å². The third-order valence-corrected chi connectivity index (χ3v) is 3.97. The lowest BCUT2D eigenvalue weighted by Gasteiger charge is -2.33. The Hall–Kier alpha value is -0.650. The predicted octanol–water partition coefficient (Wildman–Crippen LogP) is -0.0362. The van der Waals surface area contributed by atoms with Gasteiger partial charge in [-0.25, -0.2) is 0 Å². The van der Waals surface area contributed by atoms with Crippen molar-refractivity contribution in [2.24, 2.45) is 0 Å². The molecule has 2 fully saturated rings. The van der Waals surface area contributed by atoms with Gasteiger partial charge in [-0.05, 0) is 26.7 Å². The first-order chi connectivity index (χ1) is 8.68. The highest BCUT2D eigenvalue weighted by molar-refractivity contribution is 5.81. The van der Waals surface area contributed by atoms with Crippen molar-refractivity contribution in [3.05, 3.63) is 0 Å². The molecule has 2 aliphatic rings. The highest BCUT2D eigenvalue weighted by Gasteiger charge is 2.27. The number of piperazine rings is 1. The molecule has 5 nitrogen and oxygen atoms in total. The minimum Gasteiger partial charge on any atom is -0.376 e. The van der Waals surface area contributed by atoms with E-state index in [0.29, 0.717) is 0 Å². The lowest BCUT2D eigenvalue weighted by molar-refractivity contribution is -0.127. The van der Waals surface area contributed by atoms with Gasteiger partial charge in [-0.15, -0.1) is 0 Å². The molecule has 0 radical (unpaired) electrons. The van der Waals surface area contributed by atoms with E-state index < -0.39 is 0 Å². The largest absolute Gasteiger partial charge is 0.376 e. The maximum atomic E-state index is 12.2. The molecule has 3 atom stereocenters. The molecule has 18 heavy (non-hydrogen) atoms. The van der Waals surface area contributed by atoms with E-state index in [1.165, 1.54) is 0 Å². The molecule has 2 rings (SSSR count). The summed E-state index contributed by atoms with van der Waals surface area (Å²) in [6.45, 7) is 8.70. The van der Waals surface area contributed by atoms with Crippen LogP contribution in [-0.4, -0.2) is 61.8 Å². The van der Waals surface area contributed by atoms with Crippen LogP contribution in [0, 0.1) is 0 Å². The molecule has 0 aromatic carbocycles. The van der Waals surface area contributed by atoms with Crippen LogP contribution in [0.5, 0.6) is 0 Å². The quantitative estimate of drug-likeness (QED) is 0.740. The number of nitrogens with one attached hydrogen (secondary N) is 2. The first-order valence-corrected chi connectivity index (χ1v) is 7.05. The average Bonchev–Trinajstić information content (AvgIpc) is 2.92. The molecule has 2 saturated heterocycles. The summed E-state index contributed by atoms with van der Waals surface area (Å²) < 4.78 is 5.60. The Morgan fingerprint density at radius 1 is 1.39 bits per heavy atom. The van der Waals surface area contributed by atoms with Crippen molar-refractivity contribution in [1.29, 1.82) is 0 Å². The summed E-state index contributed by atoms with van der Waals surface area (Å²) in [6, 6.07) is 0.0707. The summed E-state index contributed by atoms with van der Waals surface area (Å²) in [7, 11) is 0. The molecule has 2 aliphatic heterocycles. The van der Waals surface area contributed by atoms with Gasteiger partial charge in [0.1, 0.15) is 0 Å². The number of hydrogen-bond donors (Lipinski definition) is 2. The number of carbonyl (C=O) groups excluding carboxylic acids is 1. The van der Waals surface area contributed by atoms with E-state index in [9.17, 15) is 4.79 Å². The van der Waals surface area contributed by atoms with Gasteiger partial charge >= 0.3 is 0 Å². The SMILES string of the molecule is CC(NC(=O)C(C)N1CCNCC1)C1CCCO1. The topological polar surface area (TPSA) is 53.6 Å². The second-order valence-corrected chi connectivity index (χ2v) is 5.31. The van der Waals surface area contributed by atoms with Crippen LogP contribution >= 0.6 is 0 Å². The molecule has 2 N–H and O–H groups in total. The highest BCUT2D eigenvalue weighted by Crippen LogP contribution is 2.15. The first kappa shape index (κ1) is 13.8. The van der Waals surface area contributed by atoms with Crippen molar-refractivity contribution >= 4 is 5.91 Å². The van der Waals surface area contributed by atoms with Crippen LogP contribution in [0.25, 0.3) is 0 Å². The Balaban J connectivity index is 1.78. The van der Waals surface area contributed by atoms with Gasteiger partial charge in [0.25, 0.3) is 0 Å². The first-order valence-electron chi connectivity index (χ1n) is 7.05. The fourth-order valence-electron chi connectivity index (χ4n) is 2.67. The summed E-state index contributed by atoms with van der Waals surface area (Å²) in [5.41, 5.74) is 0. The zero-order valence-corrected chi connectivity index (χ0v) is 11.4. The number of carbonyl (C=O) groups is 1. The summed E-state index contributed by atoms with van der Waals surface area (Å²) in [4.78, 5) is 14.4. The van der Waals surface area contributed by atoms with Gasteiger partial charge < -0.3 is 15.4 Å². The Labute approximate surface area is 109 Å². The molecule has 5 heteroatoms. The Bertz CT molecular complexity index is 273. The Morgan fingerprint density at radius 3 is 2.72 bits per heavy atom. The fraction of sp³-hybridized carbons (Fsp3) is 0.923. The van der Waals surface area contributed by atoms with Crippen LogP contribution in [-0.2, 0) is 9.53 Å². The number of nitrogens with zero attached hydrogens (tertiary/aromatic N) is 1. The molecule has 0 aromatic rings. The normalized spacial score (nSPS) is 28.9. The minimum absolute atomic E-state index is 0.0454. The van der Waals surface area contributed by atoms with Crippen LogP contribution in [0.15, 0.2) is 0 Å². The van der Waals surface area contributed by atoms with Crippen LogP contribution < -0.4 is 10.6 Å². The van der Waals surface area contributed by atoms with Gasteiger partial charge in [0, 0.05) is 32.8 Å². The maximum absolute atomic E-state index is 12.2. The van der Waals surface area contributed by atoms with Gasteiger partial charge in [0.15, 0.2) is 0 Å². The van der Waals surface area contributed by atoms with E-state index >= 15 is 0 Å². The molecule has 0 saturated carbocycles. The average molecular weight is 255 g/mol. The second kappa shape index (κ2) is 6.50. The molecule has 0 bridgehead atoms. The van der Waals surface area contributed by atoms with Crippen molar-refractivity contribution in [2.45, 2.75) is 44.9 Å². The van der Waals surface area contributed by atoms with Gasteiger partial charge in [0.05, 0.1) is 18.2 Å². The van der Waals surface area contributed by atoms with E-state index in [4.69, 9.17) is 4.74 Å². The van der Waals surface area contributed by atoms with E-state index in [2.05, 4.69) is 15.5 Å². The lowest BCUT2D eigenvalue weighted by atomic mass is 10.1. The number of rotatable bonds is 4. The molecular formula is C13H25N3O2. The van der Waals surface area contributed by atoms with Crippen molar-refractivity contribution in [3.8, 4) is 0 Å². The van der Waals surface area contributed by atoms with Crippen molar-refractivity contribution in [2.75, 3.05) is 32.8 Å². The summed E-state index contributed by atoms with van der Waals surface area (Å²) in [5, 5.41) is 6.39. The van der Waals surface area contributed by atoms with Crippen molar-refractivity contribution in [3.63, 3.8) is 0 Å². The van der Waals surface area contributed by atoms with Gasteiger partial charge in [-0.1, -0.05) is 0 Å². The summed E-state index contributed by atoms with van der Waals surface area (Å²) in [6.07, 6.45) is 2.37. The number of amides is 1. The summed E-state index contributed by atoms with van der Waals surface area (Å²) >= 11 is 0. The van der Waals surface area contributed by atoms with Gasteiger partial charge in [-0.2, -0.15) is 0 Å². The smallest absolute Gasteiger partial charge is 0.237 e. The van der Waals surface area contributed by atoms with Crippen LogP contribution in [0.2, 0.25) is 0 Å². The Kier molecular flexibility index (Phi) is 4.97. The predicted molar refractivity (Wildman–Crippen MR) is 70.5 cm³/mol. The molecule has 0 aromatic heterocycles. The fourth-order valence-corrected chi connectivity index (χ4v) is 2.67.